The minimum Gasteiger partial charge on any atom is -0.326 e. The van der Waals surface area contributed by atoms with E-state index in [9.17, 15) is 8.42 Å². The van der Waals surface area contributed by atoms with E-state index in [0.717, 1.165) is 0 Å². The first-order valence-corrected chi connectivity index (χ1v) is 7.55. The number of hydrogen-bond acceptors (Lipinski definition) is 3. The van der Waals surface area contributed by atoms with E-state index in [2.05, 4.69) is 0 Å². The van der Waals surface area contributed by atoms with E-state index in [1.54, 1.807) is 13.1 Å². The molecule has 1 aromatic carbocycles. The Hall–Kier alpha value is -0.620. The summed E-state index contributed by atoms with van der Waals surface area (Å²) in [6.45, 7) is 4.64. The quantitative estimate of drug-likeness (QED) is 0.903. The lowest BCUT2D eigenvalue weighted by atomic mass is 10.2. The molecule has 0 unspecified atom stereocenters. The van der Waals surface area contributed by atoms with Gasteiger partial charge in [0.2, 0.25) is 10.0 Å². The highest BCUT2D eigenvalue weighted by Crippen LogP contribution is 2.22. The SMILES string of the molecule is CC(C)CN(C)S(=O)(=O)c1ccc(Cl)c(CN)c1. The fourth-order valence-corrected chi connectivity index (χ4v) is 3.24. The second-order valence-corrected chi connectivity index (χ2v) is 7.09. The Morgan fingerprint density at radius 2 is 2.00 bits per heavy atom. The normalized spacial score (nSPS) is 12.4. The predicted octanol–water partition coefficient (Wildman–Crippen LogP) is 2.08. The molecule has 0 bridgehead atoms. The molecule has 6 heteroatoms. The summed E-state index contributed by atoms with van der Waals surface area (Å²) < 4.78 is 25.9. The summed E-state index contributed by atoms with van der Waals surface area (Å²) in [5.74, 6) is 0.269. The van der Waals surface area contributed by atoms with Gasteiger partial charge in [-0.05, 0) is 29.7 Å². The average Bonchev–Trinajstić information content (AvgIpc) is 2.28. The highest BCUT2D eigenvalue weighted by molar-refractivity contribution is 7.89. The van der Waals surface area contributed by atoms with Crippen molar-refractivity contribution in [1.29, 1.82) is 0 Å². The number of rotatable bonds is 5. The van der Waals surface area contributed by atoms with Gasteiger partial charge in [0.15, 0.2) is 0 Å². The van der Waals surface area contributed by atoms with Gasteiger partial charge in [0.25, 0.3) is 0 Å². The third-order valence-corrected chi connectivity index (χ3v) is 4.76. The van der Waals surface area contributed by atoms with Gasteiger partial charge in [-0.15, -0.1) is 0 Å². The fourth-order valence-electron chi connectivity index (χ4n) is 1.66. The maximum atomic E-state index is 12.3. The van der Waals surface area contributed by atoms with Crippen LogP contribution >= 0.6 is 11.6 Å². The number of nitrogens with zero attached hydrogens (tertiary/aromatic N) is 1. The minimum atomic E-state index is -3.46. The molecule has 4 nitrogen and oxygen atoms in total. The molecule has 0 aromatic heterocycles. The van der Waals surface area contributed by atoms with Gasteiger partial charge in [-0.3, -0.25) is 0 Å². The van der Waals surface area contributed by atoms with Crippen LogP contribution in [0.1, 0.15) is 19.4 Å². The van der Waals surface area contributed by atoms with Gasteiger partial charge in [0.1, 0.15) is 0 Å². The molecule has 0 saturated heterocycles. The van der Waals surface area contributed by atoms with Crippen molar-refractivity contribution in [2.24, 2.45) is 11.7 Å². The second-order valence-electron chi connectivity index (χ2n) is 4.64. The van der Waals surface area contributed by atoms with Crippen LogP contribution in [-0.4, -0.2) is 26.3 Å². The van der Waals surface area contributed by atoms with Gasteiger partial charge in [0.05, 0.1) is 4.90 Å². The summed E-state index contributed by atoms with van der Waals surface area (Å²) in [5.41, 5.74) is 6.16. The standard InChI is InChI=1S/C12H19ClN2O2S/c1-9(2)8-15(3)18(16,17)11-4-5-12(13)10(6-11)7-14/h4-6,9H,7-8,14H2,1-3H3. The Bertz CT molecular complexity index is 515. The topological polar surface area (TPSA) is 63.4 Å². The van der Waals surface area contributed by atoms with E-state index >= 15 is 0 Å². The molecule has 0 aliphatic rings. The van der Waals surface area contributed by atoms with Crippen LogP contribution in [0.2, 0.25) is 5.02 Å². The Balaban J connectivity index is 3.12. The smallest absolute Gasteiger partial charge is 0.242 e. The summed E-state index contributed by atoms with van der Waals surface area (Å²) in [5, 5.41) is 0.489. The Morgan fingerprint density at radius 1 is 1.39 bits per heavy atom. The van der Waals surface area contributed by atoms with Crippen LogP contribution in [0.25, 0.3) is 0 Å². The molecule has 102 valence electrons. The maximum absolute atomic E-state index is 12.3. The number of nitrogens with two attached hydrogens (primary N) is 1. The molecule has 0 atom stereocenters. The molecule has 1 aromatic rings. The van der Waals surface area contributed by atoms with Crippen molar-refractivity contribution in [2.45, 2.75) is 25.3 Å². The van der Waals surface area contributed by atoms with E-state index in [-0.39, 0.29) is 17.4 Å². The van der Waals surface area contributed by atoms with Crippen LogP contribution in [0.15, 0.2) is 23.1 Å². The van der Waals surface area contributed by atoms with Crippen molar-refractivity contribution in [3.05, 3.63) is 28.8 Å². The van der Waals surface area contributed by atoms with Crippen molar-refractivity contribution >= 4 is 21.6 Å². The number of sulfonamides is 1. The number of halogens is 1. The molecule has 0 aliphatic carbocycles. The molecule has 0 spiro atoms. The first kappa shape index (κ1) is 15.4. The zero-order valence-corrected chi connectivity index (χ0v) is 12.4. The zero-order valence-electron chi connectivity index (χ0n) is 10.9. The maximum Gasteiger partial charge on any atom is 0.242 e. The molecular weight excluding hydrogens is 272 g/mol. The van der Waals surface area contributed by atoms with Gasteiger partial charge in [-0.1, -0.05) is 25.4 Å². The molecule has 1 rings (SSSR count). The van der Waals surface area contributed by atoms with Crippen molar-refractivity contribution in [2.75, 3.05) is 13.6 Å². The Morgan fingerprint density at radius 3 is 2.50 bits per heavy atom. The summed E-state index contributed by atoms with van der Waals surface area (Å²) in [7, 11) is -1.89. The lowest BCUT2D eigenvalue weighted by Crippen LogP contribution is -2.30. The summed E-state index contributed by atoms with van der Waals surface area (Å²) in [4.78, 5) is 0.232. The third kappa shape index (κ3) is 3.45. The van der Waals surface area contributed by atoms with Gasteiger partial charge < -0.3 is 5.73 Å². The van der Waals surface area contributed by atoms with Crippen LogP contribution in [-0.2, 0) is 16.6 Å². The molecule has 0 aliphatic heterocycles. The van der Waals surface area contributed by atoms with E-state index in [0.29, 0.717) is 17.1 Å². The van der Waals surface area contributed by atoms with Crippen molar-refractivity contribution < 1.29 is 8.42 Å². The van der Waals surface area contributed by atoms with Gasteiger partial charge in [-0.2, -0.15) is 0 Å². The Kier molecular flexibility index (Phi) is 5.16. The number of benzene rings is 1. The van der Waals surface area contributed by atoms with Gasteiger partial charge in [0, 0.05) is 25.2 Å². The van der Waals surface area contributed by atoms with E-state index < -0.39 is 10.0 Å². The molecule has 0 amide bonds. The van der Waals surface area contributed by atoms with Gasteiger partial charge >= 0.3 is 0 Å². The van der Waals surface area contributed by atoms with Crippen LogP contribution in [0.5, 0.6) is 0 Å². The van der Waals surface area contributed by atoms with Crippen molar-refractivity contribution in [3.8, 4) is 0 Å². The lowest BCUT2D eigenvalue weighted by Gasteiger charge is -2.19. The fraction of sp³-hybridized carbons (Fsp3) is 0.500. The molecule has 0 saturated carbocycles. The number of hydrogen-bond donors (Lipinski definition) is 1. The van der Waals surface area contributed by atoms with Crippen LogP contribution in [0, 0.1) is 5.92 Å². The monoisotopic (exact) mass is 290 g/mol. The first-order chi connectivity index (χ1) is 8.28. The van der Waals surface area contributed by atoms with E-state index in [4.69, 9.17) is 17.3 Å². The Labute approximate surface area is 114 Å². The lowest BCUT2D eigenvalue weighted by molar-refractivity contribution is 0.417. The largest absolute Gasteiger partial charge is 0.326 e. The first-order valence-electron chi connectivity index (χ1n) is 5.74. The highest BCUT2D eigenvalue weighted by atomic mass is 35.5. The van der Waals surface area contributed by atoms with E-state index in [1.165, 1.54) is 16.4 Å². The van der Waals surface area contributed by atoms with Crippen molar-refractivity contribution in [1.82, 2.24) is 4.31 Å². The second kappa shape index (κ2) is 6.02. The summed E-state index contributed by atoms with van der Waals surface area (Å²) in [6, 6.07) is 4.61. The van der Waals surface area contributed by atoms with Gasteiger partial charge in [-0.25, -0.2) is 12.7 Å². The summed E-state index contributed by atoms with van der Waals surface area (Å²) in [6.07, 6.45) is 0. The molecule has 2 N–H and O–H groups in total. The van der Waals surface area contributed by atoms with Crippen LogP contribution in [0.3, 0.4) is 0 Å². The molecule has 18 heavy (non-hydrogen) atoms. The summed E-state index contributed by atoms with van der Waals surface area (Å²) >= 11 is 5.92. The minimum absolute atomic E-state index is 0.218. The average molecular weight is 291 g/mol. The third-order valence-electron chi connectivity index (χ3n) is 2.57. The van der Waals surface area contributed by atoms with Crippen LogP contribution < -0.4 is 5.73 Å². The van der Waals surface area contributed by atoms with E-state index in [1.807, 2.05) is 13.8 Å². The van der Waals surface area contributed by atoms with Crippen LogP contribution in [0.4, 0.5) is 0 Å². The molecular formula is C12H19ClN2O2S. The van der Waals surface area contributed by atoms with Crippen molar-refractivity contribution in [3.63, 3.8) is 0 Å². The molecule has 0 radical (unpaired) electrons. The molecule has 0 heterocycles. The highest BCUT2D eigenvalue weighted by Gasteiger charge is 2.22. The molecule has 0 fully saturated rings. The predicted molar refractivity (Wildman–Crippen MR) is 74.0 cm³/mol. The zero-order chi connectivity index (χ0) is 13.9.